The zero-order valence-corrected chi connectivity index (χ0v) is 13.4. The fourth-order valence-corrected chi connectivity index (χ4v) is 2.74. The smallest absolute Gasteiger partial charge is 0.272 e. The number of carbonyl (C=O) groups is 2. The molecule has 0 bridgehead atoms. The number of halogens is 1. The Balaban J connectivity index is 1.65. The predicted molar refractivity (Wildman–Crippen MR) is 87.2 cm³/mol. The van der Waals surface area contributed by atoms with E-state index in [2.05, 4.69) is 4.98 Å². The number of aromatic nitrogens is 1. The molecule has 1 aromatic heterocycles. The molecular formula is C18H18FN3O2. The summed E-state index contributed by atoms with van der Waals surface area (Å²) in [6.45, 7) is 3.42. The highest BCUT2D eigenvalue weighted by atomic mass is 19.1. The molecule has 0 N–H and O–H groups in total. The van der Waals surface area contributed by atoms with Gasteiger partial charge in [-0.3, -0.25) is 9.59 Å². The van der Waals surface area contributed by atoms with Crippen LogP contribution in [0.15, 0.2) is 42.5 Å². The number of hydrogen-bond donors (Lipinski definition) is 0. The standard InChI is InChI=1S/C18H18FN3O2/c1-13-5-4-8-16(20-13)18(24)22-11-9-21(10-12-22)17(23)14-6-2-3-7-15(14)19/h2-8H,9-12H2,1H3. The predicted octanol–water partition coefficient (Wildman–Crippen LogP) is 2.13. The minimum absolute atomic E-state index is 0.0672. The number of rotatable bonds is 2. The van der Waals surface area contributed by atoms with Crippen LogP contribution in [0.3, 0.4) is 0 Å². The molecule has 0 saturated carbocycles. The molecule has 1 fully saturated rings. The lowest BCUT2D eigenvalue weighted by Gasteiger charge is -2.34. The molecule has 2 heterocycles. The highest BCUT2D eigenvalue weighted by molar-refractivity contribution is 5.95. The van der Waals surface area contributed by atoms with E-state index in [0.717, 1.165) is 5.69 Å². The van der Waals surface area contributed by atoms with Crippen molar-refractivity contribution in [2.24, 2.45) is 0 Å². The lowest BCUT2D eigenvalue weighted by molar-refractivity contribution is 0.0529. The molecule has 2 amide bonds. The third-order valence-corrected chi connectivity index (χ3v) is 4.07. The number of pyridine rings is 1. The van der Waals surface area contributed by atoms with Crippen LogP contribution < -0.4 is 0 Å². The minimum atomic E-state index is -0.523. The lowest BCUT2D eigenvalue weighted by Crippen LogP contribution is -2.50. The Bertz CT molecular complexity index is 770. The topological polar surface area (TPSA) is 53.5 Å². The Morgan fingerprint density at radius 1 is 0.917 bits per heavy atom. The first-order valence-electron chi connectivity index (χ1n) is 7.83. The lowest BCUT2D eigenvalue weighted by atomic mass is 10.1. The van der Waals surface area contributed by atoms with Gasteiger partial charge in [-0.05, 0) is 31.2 Å². The van der Waals surface area contributed by atoms with Crippen molar-refractivity contribution >= 4 is 11.8 Å². The summed E-state index contributed by atoms with van der Waals surface area (Å²) in [4.78, 5) is 32.3. The Labute approximate surface area is 139 Å². The Morgan fingerprint density at radius 2 is 1.54 bits per heavy atom. The Hall–Kier alpha value is -2.76. The second-order valence-electron chi connectivity index (χ2n) is 5.73. The van der Waals surface area contributed by atoms with E-state index < -0.39 is 5.82 Å². The van der Waals surface area contributed by atoms with E-state index in [0.29, 0.717) is 31.9 Å². The molecule has 1 aliphatic heterocycles. The maximum absolute atomic E-state index is 13.7. The van der Waals surface area contributed by atoms with Gasteiger partial charge in [0, 0.05) is 31.9 Å². The summed E-state index contributed by atoms with van der Waals surface area (Å²) in [7, 11) is 0. The van der Waals surface area contributed by atoms with Crippen molar-refractivity contribution in [2.45, 2.75) is 6.92 Å². The summed E-state index contributed by atoms with van der Waals surface area (Å²) in [5, 5.41) is 0. The molecule has 1 saturated heterocycles. The van der Waals surface area contributed by atoms with Gasteiger partial charge in [-0.25, -0.2) is 9.37 Å². The van der Waals surface area contributed by atoms with Gasteiger partial charge in [0.15, 0.2) is 0 Å². The van der Waals surface area contributed by atoms with Crippen LogP contribution in [-0.2, 0) is 0 Å². The third kappa shape index (κ3) is 3.27. The third-order valence-electron chi connectivity index (χ3n) is 4.07. The second kappa shape index (κ2) is 6.78. The van der Waals surface area contributed by atoms with Crippen LogP contribution in [0.5, 0.6) is 0 Å². The van der Waals surface area contributed by atoms with Gasteiger partial charge >= 0.3 is 0 Å². The van der Waals surface area contributed by atoms with Gasteiger partial charge < -0.3 is 9.80 Å². The first-order chi connectivity index (χ1) is 11.6. The molecule has 6 heteroatoms. The number of carbonyl (C=O) groups excluding carboxylic acids is 2. The van der Waals surface area contributed by atoms with E-state index in [9.17, 15) is 14.0 Å². The van der Waals surface area contributed by atoms with Gasteiger partial charge in [-0.1, -0.05) is 18.2 Å². The van der Waals surface area contributed by atoms with Crippen molar-refractivity contribution < 1.29 is 14.0 Å². The SMILES string of the molecule is Cc1cccc(C(=O)N2CCN(C(=O)c3ccccc3F)CC2)n1. The van der Waals surface area contributed by atoms with Crippen LogP contribution in [0.1, 0.15) is 26.5 Å². The highest BCUT2D eigenvalue weighted by Crippen LogP contribution is 2.13. The van der Waals surface area contributed by atoms with Gasteiger partial charge in [-0.2, -0.15) is 0 Å². The number of nitrogens with zero attached hydrogens (tertiary/aromatic N) is 3. The molecule has 1 aliphatic rings. The van der Waals surface area contributed by atoms with Gasteiger partial charge in [0.25, 0.3) is 11.8 Å². The summed E-state index contributed by atoms with van der Waals surface area (Å²) < 4.78 is 13.7. The molecule has 0 unspecified atom stereocenters. The zero-order valence-electron chi connectivity index (χ0n) is 13.4. The first-order valence-corrected chi connectivity index (χ1v) is 7.83. The van der Waals surface area contributed by atoms with Crippen molar-refractivity contribution in [1.29, 1.82) is 0 Å². The van der Waals surface area contributed by atoms with Crippen LogP contribution in [0.2, 0.25) is 0 Å². The Morgan fingerprint density at radius 3 is 2.17 bits per heavy atom. The van der Waals surface area contributed by atoms with Gasteiger partial charge in [0.2, 0.25) is 0 Å². The van der Waals surface area contributed by atoms with Crippen molar-refractivity contribution in [3.63, 3.8) is 0 Å². The minimum Gasteiger partial charge on any atom is -0.335 e. The molecule has 5 nitrogen and oxygen atoms in total. The summed E-state index contributed by atoms with van der Waals surface area (Å²) >= 11 is 0. The molecule has 0 radical (unpaired) electrons. The van der Waals surface area contributed by atoms with Crippen molar-refractivity contribution in [3.8, 4) is 0 Å². The van der Waals surface area contributed by atoms with Crippen LogP contribution >= 0.6 is 0 Å². The van der Waals surface area contributed by atoms with Crippen molar-refractivity contribution in [2.75, 3.05) is 26.2 Å². The number of piperazine rings is 1. The number of hydrogen-bond acceptors (Lipinski definition) is 3. The molecule has 2 aromatic rings. The first kappa shape index (κ1) is 16.1. The fraction of sp³-hybridized carbons (Fsp3) is 0.278. The molecule has 24 heavy (non-hydrogen) atoms. The number of aryl methyl sites for hydroxylation is 1. The normalized spacial score (nSPS) is 14.6. The largest absolute Gasteiger partial charge is 0.335 e. The molecular weight excluding hydrogens is 309 g/mol. The number of benzene rings is 1. The molecule has 0 aliphatic carbocycles. The van der Waals surface area contributed by atoms with Crippen molar-refractivity contribution in [1.82, 2.24) is 14.8 Å². The summed E-state index contributed by atoms with van der Waals surface area (Å²) in [6.07, 6.45) is 0. The summed E-state index contributed by atoms with van der Waals surface area (Å²) in [6, 6.07) is 11.3. The van der Waals surface area contributed by atoms with E-state index >= 15 is 0 Å². The number of amides is 2. The summed E-state index contributed by atoms with van der Waals surface area (Å²) in [5.74, 6) is -1.00. The van der Waals surface area contributed by atoms with E-state index in [4.69, 9.17) is 0 Å². The average molecular weight is 327 g/mol. The fourth-order valence-electron chi connectivity index (χ4n) is 2.74. The molecule has 1 aromatic carbocycles. The molecule has 124 valence electrons. The molecule has 3 rings (SSSR count). The second-order valence-corrected chi connectivity index (χ2v) is 5.73. The quantitative estimate of drug-likeness (QED) is 0.849. The van der Waals surface area contributed by atoms with Gasteiger partial charge in [0.05, 0.1) is 5.56 Å². The van der Waals surface area contributed by atoms with Gasteiger partial charge in [0.1, 0.15) is 11.5 Å². The van der Waals surface area contributed by atoms with E-state index in [-0.39, 0.29) is 17.4 Å². The van der Waals surface area contributed by atoms with Crippen LogP contribution in [0.25, 0.3) is 0 Å². The maximum Gasteiger partial charge on any atom is 0.272 e. The van der Waals surface area contributed by atoms with E-state index in [1.54, 1.807) is 34.1 Å². The molecule has 0 atom stereocenters. The van der Waals surface area contributed by atoms with Crippen LogP contribution in [-0.4, -0.2) is 52.8 Å². The van der Waals surface area contributed by atoms with E-state index in [1.165, 1.54) is 12.1 Å². The van der Waals surface area contributed by atoms with Crippen molar-refractivity contribution in [3.05, 3.63) is 65.2 Å². The average Bonchev–Trinajstić information content (AvgIpc) is 2.61. The highest BCUT2D eigenvalue weighted by Gasteiger charge is 2.27. The molecule has 0 spiro atoms. The maximum atomic E-state index is 13.7. The monoisotopic (exact) mass is 327 g/mol. The zero-order chi connectivity index (χ0) is 17.1. The van der Waals surface area contributed by atoms with Crippen LogP contribution in [0, 0.1) is 12.7 Å². The Kier molecular flexibility index (Phi) is 4.55. The van der Waals surface area contributed by atoms with E-state index in [1.807, 2.05) is 13.0 Å². The van der Waals surface area contributed by atoms with Crippen LogP contribution in [0.4, 0.5) is 4.39 Å². The van der Waals surface area contributed by atoms with Gasteiger partial charge in [-0.15, -0.1) is 0 Å². The summed E-state index contributed by atoms with van der Waals surface area (Å²) in [5.41, 5.74) is 1.26.